The maximum absolute atomic E-state index is 12.3. The molecule has 1 aliphatic heterocycles. The first-order valence-corrected chi connectivity index (χ1v) is 7.55. The van der Waals surface area contributed by atoms with E-state index in [0.29, 0.717) is 24.5 Å². The number of Topliss-reactive ketones (excluding diaryl/α,β-unsaturated/α-hetero) is 1. The van der Waals surface area contributed by atoms with Crippen molar-refractivity contribution in [3.05, 3.63) is 23.8 Å². The molecule has 3 N–H and O–H groups in total. The van der Waals surface area contributed by atoms with Crippen molar-refractivity contribution in [2.45, 2.75) is 11.8 Å². The lowest BCUT2D eigenvalue weighted by atomic mass is 9.90. The number of nitrogens with zero attached hydrogens (tertiary/aromatic N) is 1. The van der Waals surface area contributed by atoms with Gasteiger partial charge in [-0.3, -0.25) is 14.4 Å². The summed E-state index contributed by atoms with van der Waals surface area (Å²) in [4.78, 5) is 37.8. The molecular weight excluding hydrogens is 292 g/mol. The number of anilines is 1. The maximum Gasteiger partial charge on any atom is 0.324 e. The van der Waals surface area contributed by atoms with Crippen LogP contribution in [0, 0.1) is 5.92 Å². The lowest BCUT2D eigenvalue weighted by molar-refractivity contribution is -0.144. The second-order valence-electron chi connectivity index (χ2n) is 4.53. The average Bonchev–Trinajstić information content (AvgIpc) is 2.45. The van der Waals surface area contributed by atoms with Gasteiger partial charge in [-0.2, -0.15) is 0 Å². The van der Waals surface area contributed by atoms with Crippen LogP contribution < -0.4 is 10.6 Å². The Hall–Kier alpha value is -1.86. The summed E-state index contributed by atoms with van der Waals surface area (Å²) in [5.41, 5.74) is 6.20. The number of fused-ring (bicyclic) bond motifs is 1. The second kappa shape index (κ2) is 6.28. The van der Waals surface area contributed by atoms with Crippen molar-refractivity contribution < 1.29 is 19.5 Å². The third-order valence-corrected chi connectivity index (χ3v) is 4.28. The Bertz CT molecular complexity index is 603. The van der Waals surface area contributed by atoms with Crippen LogP contribution in [0.2, 0.25) is 0 Å². The molecule has 0 saturated heterocycles. The van der Waals surface area contributed by atoms with Gasteiger partial charge in [0.2, 0.25) is 5.91 Å². The van der Waals surface area contributed by atoms with Crippen LogP contribution in [0.1, 0.15) is 17.3 Å². The zero-order chi connectivity index (χ0) is 15.6. The number of aliphatic carboxylic acids is 1. The summed E-state index contributed by atoms with van der Waals surface area (Å²) in [6.45, 7) is 2.57. The number of carboxylic acid groups (broad SMARTS) is 1. The Labute approximate surface area is 126 Å². The molecule has 1 aliphatic rings. The standard InChI is InChI=1S/C14H16N2O4S/c1-2-16-10-4-3-8(21-6-5-15)7-9(10)12(17)11(13(16)18)14(19)20/h3-4,7,11H,2,5-6,15H2,1H3,(H,19,20). The van der Waals surface area contributed by atoms with Gasteiger partial charge in [-0.05, 0) is 25.1 Å². The number of rotatable bonds is 5. The molecule has 1 unspecified atom stereocenters. The van der Waals surface area contributed by atoms with Gasteiger partial charge in [0, 0.05) is 29.3 Å². The fourth-order valence-corrected chi connectivity index (χ4v) is 3.02. The minimum Gasteiger partial charge on any atom is -0.480 e. The SMILES string of the molecule is CCN1C(=O)C(C(=O)O)C(=O)c2cc(SCCN)ccc21. The number of amides is 1. The van der Waals surface area contributed by atoms with Crippen molar-refractivity contribution in [2.75, 3.05) is 23.7 Å². The lowest BCUT2D eigenvalue weighted by Gasteiger charge is -2.31. The molecule has 0 aromatic heterocycles. The fourth-order valence-electron chi connectivity index (χ4n) is 2.30. The van der Waals surface area contributed by atoms with Gasteiger partial charge in [0.15, 0.2) is 11.7 Å². The van der Waals surface area contributed by atoms with Gasteiger partial charge in [-0.1, -0.05) is 0 Å². The van der Waals surface area contributed by atoms with E-state index in [-0.39, 0.29) is 5.56 Å². The summed E-state index contributed by atoms with van der Waals surface area (Å²) < 4.78 is 0. The highest BCUT2D eigenvalue weighted by Gasteiger charge is 2.43. The minimum absolute atomic E-state index is 0.283. The molecule has 7 heteroatoms. The van der Waals surface area contributed by atoms with Gasteiger partial charge in [-0.15, -0.1) is 11.8 Å². The molecule has 1 aromatic carbocycles. The number of thioether (sulfide) groups is 1. The Balaban J connectivity index is 2.48. The van der Waals surface area contributed by atoms with Crippen molar-refractivity contribution >= 4 is 35.1 Å². The number of carboxylic acids is 1. The summed E-state index contributed by atoms with van der Waals surface area (Å²) in [7, 11) is 0. The normalized spacial score (nSPS) is 17.8. The molecule has 0 fully saturated rings. The topological polar surface area (TPSA) is 101 Å². The van der Waals surface area contributed by atoms with E-state index in [2.05, 4.69) is 0 Å². The first kappa shape index (κ1) is 15.5. The predicted molar refractivity (Wildman–Crippen MR) is 79.7 cm³/mol. The van der Waals surface area contributed by atoms with Crippen molar-refractivity contribution in [3.8, 4) is 0 Å². The third-order valence-electron chi connectivity index (χ3n) is 3.25. The molecule has 1 atom stereocenters. The zero-order valence-electron chi connectivity index (χ0n) is 11.5. The Morgan fingerprint density at radius 3 is 2.71 bits per heavy atom. The largest absolute Gasteiger partial charge is 0.480 e. The fraction of sp³-hybridized carbons (Fsp3) is 0.357. The van der Waals surface area contributed by atoms with Crippen LogP contribution in [0.5, 0.6) is 0 Å². The van der Waals surface area contributed by atoms with Crippen LogP contribution in [0.15, 0.2) is 23.1 Å². The van der Waals surface area contributed by atoms with Crippen molar-refractivity contribution in [3.63, 3.8) is 0 Å². The van der Waals surface area contributed by atoms with E-state index in [0.717, 1.165) is 4.90 Å². The average molecular weight is 308 g/mol. The zero-order valence-corrected chi connectivity index (χ0v) is 12.4. The highest BCUT2D eigenvalue weighted by molar-refractivity contribution is 7.99. The van der Waals surface area contributed by atoms with E-state index in [4.69, 9.17) is 10.8 Å². The van der Waals surface area contributed by atoms with Gasteiger partial charge >= 0.3 is 5.97 Å². The van der Waals surface area contributed by atoms with E-state index >= 15 is 0 Å². The molecule has 0 spiro atoms. The van der Waals surface area contributed by atoms with Crippen molar-refractivity contribution in [1.29, 1.82) is 0 Å². The van der Waals surface area contributed by atoms with Crippen LogP contribution in [-0.2, 0) is 9.59 Å². The number of nitrogens with two attached hydrogens (primary N) is 1. The van der Waals surface area contributed by atoms with E-state index < -0.39 is 23.6 Å². The maximum atomic E-state index is 12.3. The lowest BCUT2D eigenvalue weighted by Crippen LogP contribution is -2.47. The highest BCUT2D eigenvalue weighted by atomic mass is 32.2. The summed E-state index contributed by atoms with van der Waals surface area (Å²) >= 11 is 1.49. The Morgan fingerprint density at radius 2 is 2.14 bits per heavy atom. The number of benzene rings is 1. The first-order chi connectivity index (χ1) is 10.0. The Kier molecular flexibility index (Phi) is 4.64. The third kappa shape index (κ3) is 2.79. The van der Waals surface area contributed by atoms with Crippen LogP contribution in [0.3, 0.4) is 0 Å². The molecule has 0 saturated carbocycles. The molecule has 6 nitrogen and oxygen atoms in total. The summed E-state index contributed by atoms with van der Waals surface area (Å²) in [5, 5.41) is 9.14. The predicted octanol–water partition coefficient (Wildman–Crippen LogP) is 0.987. The molecule has 1 heterocycles. The minimum atomic E-state index is -1.65. The van der Waals surface area contributed by atoms with E-state index in [1.54, 1.807) is 19.1 Å². The molecule has 0 bridgehead atoms. The number of carbonyl (C=O) groups is 3. The van der Waals surface area contributed by atoms with Crippen molar-refractivity contribution in [1.82, 2.24) is 0 Å². The van der Waals surface area contributed by atoms with Crippen LogP contribution >= 0.6 is 11.8 Å². The molecular formula is C14H16N2O4S. The molecule has 0 aliphatic carbocycles. The smallest absolute Gasteiger partial charge is 0.324 e. The molecule has 1 amide bonds. The van der Waals surface area contributed by atoms with Crippen LogP contribution in [0.4, 0.5) is 5.69 Å². The first-order valence-electron chi connectivity index (χ1n) is 6.56. The van der Waals surface area contributed by atoms with E-state index in [9.17, 15) is 14.4 Å². The number of ketones is 1. The van der Waals surface area contributed by atoms with Gasteiger partial charge in [0.25, 0.3) is 0 Å². The van der Waals surface area contributed by atoms with Gasteiger partial charge in [0.1, 0.15) is 0 Å². The van der Waals surface area contributed by atoms with E-state index in [1.807, 2.05) is 6.07 Å². The highest BCUT2D eigenvalue weighted by Crippen LogP contribution is 2.33. The van der Waals surface area contributed by atoms with Gasteiger partial charge in [0.05, 0.1) is 5.69 Å². The summed E-state index contributed by atoms with van der Waals surface area (Å²) in [5.74, 6) is -3.68. The van der Waals surface area contributed by atoms with E-state index in [1.165, 1.54) is 16.7 Å². The summed E-state index contributed by atoms with van der Waals surface area (Å²) in [6, 6.07) is 5.14. The molecule has 1 aromatic rings. The molecule has 2 rings (SSSR count). The van der Waals surface area contributed by atoms with Gasteiger partial charge < -0.3 is 15.7 Å². The van der Waals surface area contributed by atoms with Crippen molar-refractivity contribution in [2.24, 2.45) is 11.7 Å². The molecule has 112 valence electrons. The monoisotopic (exact) mass is 308 g/mol. The Morgan fingerprint density at radius 1 is 1.43 bits per heavy atom. The quantitative estimate of drug-likeness (QED) is 0.621. The number of carbonyl (C=O) groups excluding carboxylic acids is 2. The second-order valence-corrected chi connectivity index (χ2v) is 5.70. The number of hydrogen-bond acceptors (Lipinski definition) is 5. The molecule has 0 radical (unpaired) electrons. The van der Waals surface area contributed by atoms with Crippen LogP contribution in [-0.4, -0.2) is 41.6 Å². The number of hydrogen-bond donors (Lipinski definition) is 2. The van der Waals surface area contributed by atoms with Crippen LogP contribution in [0.25, 0.3) is 0 Å². The summed E-state index contributed by atoms with van der Waals surface area (Å²) in [6.07, 6.45) is 0. The van der Waals surface area contributed by atoms with Gasteiger partial charge in [-0.25, -0.2) is 0 Å². The molecule has 21 heavy (non-hydrogen) atoms.